The lowest BCUT2D eigenvalue weighted by molar-refractivity contribution is -0.146. The minimum atomic E-state index is -1.01. The lowest BCUT2D eigenvalue weighted by Crippen LogP contribution is -2.50. The van der Waals surface area contributed by atoms with Crippen molar-refractivity contribution in [2.24, 2.45) is 0 Å². The van der Waals surface area contributed by atoms with Crippen molar-refractivity contribution in [2.75, 3.05) is 7.11 Å². The largest absolute Gasteiger partial charge is 0.467 e. The van der Waals surface area contributed by atoms with E-state index in [9.17, 15) is 9.59 Å². The zero-order chi connectivity index (χ0) is 12.3. The number of amides is 1. The number of methoxy groups -OCH3 is 1. The molecule has 1 amide bonds. The van der Waals surface area contributed by atoms with Gasteiger partial charge in [-0.1, -0.05) is 0 Å². The first-order valence-corrected chi connectivity index (χ1v) is 5.71. The van der Waals surface area contributed by atoms with Gasteiger partial charge in [-0.05, 0) is 37.8 Å². The van der Waals surface area contributed by atoms with Gasteiger partial charge in [0.05, 0.1) is 12.0 Å². The summed E-state index contributed by atoms with van der Waals surface area (Å²) in [6.07, 6.45) is 0. The molecule has 5 heteroatoms. The molecule has 0 aliphatic heterocycles. The minimum absolute atomic E-state index is 0.247. The Morgan fingerprint density at radius 2 is 2.06 bits per heavy atom. The van der Waals surface area contributed by atoms with Crippen LogP contribution in [-0.2, 0) is 9.53 Å². The van der Waals surface area contributed by atoms with Crippen LogP contribution >= 0.6 is 11.3 Å². The van der Waals surface area contributed by atoms with Crippen molar-refractivity contribution in [3.63, 3.8) is 0 Å². The Morgan fingerprint density at radius 1 is 1.44 bits per heavy atom. The molecule has 0 bridgehead atoms. The third-order valence-corrected chi connectivity index (χ3v) is 3.21. The molecule has 88 valence electrons. The molecule has 1 aromatic rings. The summed E-state index contributed by atoms with van der Waals surface area (Å²) in [5.74, 6) is -0.710. The number of nitrogens with one attached hydrogen (secondary N) is 1. The van der Waals surface area contributed by atoms with Gasteiger partial charge in [-0.2, -0.15) is 0 Å². The van der Waals surface area contributed by atoms with Gasteiger partial charge in [-0.15, -0.1) is 11.3 Å². The Morgan fingerprint density at radius 3 is 2.50 bits per heavy atom. The molecule has 0 aromatic carbocycles. The molecule has 0 saturated carbocycles. The Kier molecular flexibility index (Phi) is 3.70. The van der Waals surface area contributed by atoms with Gasteiger partial charge in [0.1, 0.15) is 5.54 Å². The quantitative estimate of drug-likeness (QED) is 0.820. The van der Waals surface area contributed by atoms with E-state index < -0.39 is 11.5 Å². The summed E-state index contributed by atoms with van der Waals surface area (Å²) in [6.45, 7) is 5.08. The number of rotatable bonds is 3. The Labute approximate surface area is 98.6 Å². The van der Waals surface area contributed by atoms with E-state index in [1.54, 1.807) is 13.8 Å². The number of ether oxygens (including phenoxy) is 1. The fourth-order valence-corrected chi connectivity index (χ4v) is 2.07. The number of aryl methyl sites for hydroxylation is 1. The molecule has 1 rings (SSSR count). The van der Waals surface area contributed by atoms with Gasteiger partial charge >= 0.3 is 5.97 Å². The highest BCUT2D eigenvalue weighted by atomic mass is 32.1. The Balaban J connectivity index is 2.79. The second kappa shape index (κ2) is 4.65. The highest BCUT2D eigenvalue weighted by Crippen LogP contribution is 2.16. The number of hydrogen-bond acceptors (Lipinski definition) is 4. The van der Waals surface area contributed by atoms with Gasteiger partial charge in [-0.25, -0.2) is 4.79 Å². The van der Waals surface area contributed by atoms with Crippen LogP contribution in [0.4, 0.5) is 0 Å². The lowest BCUT2D eigenvalue weighted by Gasteiger charge is -2.22. The first-order chi connectivity index (χ1) is 7.38. The maximum Gasteiger partial charge on any atom is 0.330 e. The number of carbonyl (C=O) groups is 2. The number of hydrogen-bond donors (Lipinski definition) is 1. The van der Waals surface area contributed by atoms with Crippen molar-refractivity contribution >= 4 is 23.2 Å². The Hall–Kier alpha value is -1.36. The van der Waals surface area contributed by atoms with Crippen LogP contribution in [0.3, 0.4) is 0 Å². The smallest absolute Gasteiger partial charge is 0.330 e. The molecule has 1 aromatic heterocycles. The standard InChI is InChI=1S/C11H15NO3S/c1-7-5-6-16-8(7)9(13)12-11(2,3)10(14)15-4/h5-6H,1-4H3,(H,12,13). The average Bonchev–Trinajstić information content (AvgIpc) is 2.62. The molecule has 0 aliphatic carbocycles. The summed E-state index contributed by atoms with van der Waals surface area (Å²) in [7, 11) is 1.30. The average molecular weight is 241 g/mol. The summed E-state index contributed by atoms with van der Waals surface area (Å²) in [4.78, 5) is 23.9. The molecule has 0 fully saturated rings. The summed E-state index contributed by atoms with van der Waals surface area (Å²) < 4.78 is 4.61. The van der Waals surface area contributed by atoms with E-state index in [1.165, 1.54) is 18.4 Å². The van der Waals surface area contributed by atoms with Crippen LogP contribution in [-0.4, -0.2) is 24.5 Å². The normalized spacial score (nSPS) is 11.0. The van der Waals surface area contributed by atoms with Crippen molar-refractivity contribution in [2.45, 2.75) is 26.3 Å². The molecule has 0 atom stereocenters. The molecule has 0 radical (unpaired) electrons. The third kappa shape index (κ3) is 2.61. The molecule has 0 saturated heterocycles. The van der Waals surface area contributed by atoms with Crippen molar-refractivity contribution < 1.29 is 14.3 Å². The van der Waals surface area contributed by atoms with Crippen LogP contribution < -0.4 is 5.32 Å². The van der Waals surface area contributed by atoms with E-state index in [1.807, 2.05) is 18.4 Å². The lowest BCUT2D eigenvalue weighted by atomic mass is 10.1. The van der Waals surface area contributed by atoms with Crippen molar-refractivity contribution in [3.05, 3.63) is 21.9 Å². The predicted octanol–water partition coefficient (Wildman–Crippen LogP) is 1.74. The van der Waals surface area contributed by atoms with Crippen LogP contribution in [0.2, 0.25) is 0 Å². The zero-order valence-corrected chi connectivity index (χ0v) is 10.6. The summed E-state index contributed by atoms with van der Waals surface area (Å²) in [5.41, 5.74) is -0.106. The SMILES string of the molecule is COC(=O)C(C)(C)NC(=O)c1sccc1C. The van der Waals surface area contributed by atoms with Gasteiger partial charge < -0.3 is 10.1 Å². The van der Waals surface area contributed by atoms with Crippen LogP contribution in [0.5, 0.6) is 0 Å². The van der Waals surface area contributed by atoms with Gasteiger partial charge in [0, 0.05) is 0 Å². The predicted molar refractivity (Wildman–Crippen MR) is 62.6 cm³/mol. The number of carbonyl (C=O) groups excluding carboxylic acids is 2. The fourth-order valence-electron chi connectivity index (χ4n) is 1.25. The second-order valence-electron chi connectivity index (χ2n) is 4.00. The summed E-state index contributed by atoms with van der Waals surface area (Å²) in [6, 6.07) is 1.87. The summed E-state index contributed by atoms with van der Waals surface area (Å²) in [5, 5.41) is 4.49. The van der Waals surface area contributed by atoms with Crippen LogP contribution in [0.25, 0.3) is 0 Å². The monoisotopic (exact) mass is 241 g/mol. The first-order valence-electron chi connectivity index (χ1n) is 4.83. The topological polar surface area (TPSA) is 55.4 Å². The highest BCUT2D eigenvalue weighted by Gasteiger charge is 2.31. The van der Waals surface area contributed by atoms with Gasteiger partial charge in [0.25, 0.3) is 5.91 Å². The van der Waals surface area contributed by atoms with Gasteiger partial charge in [0.2, 0.25) is 0 Å². The van der Waals surface area contributed by atoms with E-state index in [-0.39, 0.29) is 5.91 Å². The summed E-state index contributed by atoms with van der Waals surface area (Å²) >= 11 is 1.35. The van der Waals surface area contributed by atoms with E-state index >= 15 is 0 Å². The molecule has 16 heavy (non-hydrogen) atoms. The van der Waals surface area contributed by atoms with E-state index in [2.05, 4.69) is 10.1 Å². The highest BCUT2D eigenvalue weighted by molar-refractivity contribution is 7.12. The van der Waals surface area contributed by atoms with Crippen LogP contribution in [0, 0.1) is 6.92 Å². The molecule has 0 aliphatic rings. The maximum atomic E-state index is 11.9. The van der Waals surface area contributed by atoms with Gasteiger partial charge in [0.15, 0.2) is 0 Å². The Bertz CT molecular complexity index is 409. The van der Waals surface area contributed by atoms with Gasteiger partial charge in [-0.3, -0.25) is 4.79 Å². The molecule has 1 N–H and O–H groups in total. The minimum Gasteiger partial charge on any atom is -0.467 e. The van der Waals surface area contributed by atoms with Crippen molar-refractivity contribution in [3.8, 4) is 0 Å². The van der Waals surface area contributed by atoms with E-state index in [0.717, 1.165) is 5.56 Å². The molecule has 0 spiro atoms. The van der Waals surface area contributed by atoms with E-state index in [0.29, 0.717) is 4.88 Å². The van der Waals surface area contributed by atoms with E-state index in [4.69, 9.17) is 0 Å². The number of thiophene rings is 1. The van der Waals surface area contributed by atoms with Crippen molar-refractivity contribution in [1.29, 1.82) is 0 Å². The number of esters is 1. The molecule has 4 nitrogen and oxygen atoms in total. The molecular formula is C11H15NO3S. The molecule has 0 unspecified atom stereocenters. The fraction of sp³-hybridized carbons (Fsp3) is 0.455. The van der Waals surface area contributed by atoms with Crippen LogP contribution in [0.1, 0.15) is 29.1 Å². The molecular weight excluding hydrogens is 226 g/mol. The molecule has 1 heterocycles. The first kappa shape index (κ1) is 12.7. The second-order valence-corrected chi connectivity index (χ2v) is 4.92. The van der Waals surface area contributed by atoms with Crippen molar-refractivity contribution in [1.82, 2.24) is 5.32 Å². The third-order valence-electron chi connectivity index (χ3n) is 2.19. The zero-order valence-electron chi connectivity index (χ0n) is 9.79. The maximum absolute atomic E-state index is 11.9. The van der Waals surface area contributed by atoms with Crippen LogP contribution in [0.15, 0.2) is 11.4 Å².